The number of likely N-dealkylation sites (tertiary alicyclic amines) is 1. The van der Waals surface area contributed by atoms with Crippen LogP contribution in [-0.2, 0) is 0 Å². The molecule has 0 N–H and O–H groups in total. The Hall–Kier alpha value is -2.73. The van der Waals surface area contributed by atoms with E-state index in [9.17, 15) is 0 Å². The lowest BCUT2D eigenvalue weighted by molar-refractivity contribution is 0.141. The SMILES string of the molecule is Cc1cccc(-c2noc(-c3ccc(N4CCC(N5CCCCC5)CC4)nc3)n2)c1. The molecular formula is C24H29N5O. The molecule has 3 aromatic rings. The molecule has 4 heterocycles. The van der Waals surface area contributed by atoms with Gasteiger partial charge in [-0.3, -0.25) is 0 Å². The summed E-state index contributed by atoms with van der Waals surface area (Å²) in [5.41, 5.74) is 2.99. The molecule has 30 heavy (non-hydrogen) atoms. The van der Waals surface area contributed by atoms with E-state index in [0.717, 1.165) is 36.1 Å². The van der Waals surface area contributed by atoms with Crippen molar-refractivity contribution in [3.05, 3.63) is 48.2 Å². The van der Waals surface area contributed by atoms with Gasteiger partial charge in [-0.2, -0.15) is 4.98 Å². The summed E-state index contributed by atoms with van der Waals surface area (Å²) < 4.78 is 5.49. The predicted octanol–water partition coefficient (Wildman–Crippen LogP) is 4.56. The summed E-state index contributed by atoms with van der Waals surface area (Å²) >= 11 is 0. The van der Waals surface area contributed by atoms with E-state index in [1.807, 2.05) is 24.4 Å². The molecule has 6 heteroatoms. The first-order valence-corrected chi connectivity index (χ1v) is 11.1. The number of hydrogen-bond donors (Lipinski definition) is 0. The highest BCUT2D eigenvalue weighted by Gasteiger charge is 2.26. The van der Waals surface area contributed by atoms with Crippen molar-refractivity contribution < 1.29 is 4.52 Å². The first kappa shape index (κ1) is 19.2. The third kappa shape index (κ3) is 4.10. The Balaban J connectivity index is 1.23. The van der Waals surface area contributed by atoms with E-state index in [1.165, 1.54) is 50.8 Å². The molecule has 0 aliphatic carbocycles. The zero-order chi connectivity index (χ0) is 20.3. The number of aryl methyl sites for hydroxylation is 1. The zero-order valence-corrected chi connectivity index (χ0v) is 17.6. The fourth-order valence-corrected chi connectivity index (χ4v) is 4.69. The highest BCUT2D eigenvalue weighted by Crippen LogP contribution is 2.26. The lowest BCUT2D eigenvalue weighted by Crippen LogP contribution is -2.46. The minimum Gasteiger partial charge on any atom is -0.357 e. The number of hydrogen-bond acceptors (Lipinski definition) is 6. The van der Waals surface area contributed by atoms with E-state index in [4.69, 9.17) is 9.51 Å². The third-order valence-electron chi connectivity index (χ3n) is 6.39. The van der Waals surface area contributed by atoms with Crippen molar-refractivity contribution in [3.63, 3.8) is 0 Å². The van der Waals surface area contributed by atoms with E-state index < -0.39 is 0 Å². The Kier molecular flexibility index (Phi) is 5.49. The molecule has 5 rings (SSSR count). The molecule has 1 aromatic carbocycles. The van der Waals surface area contributed by atoms with Crippen molar-refractivity contribution in [2.75, 3.05) is 31.1 Å². The quantitative estimate of drug-likeness (QED) is 0.636. The molecular weight excluding hydrogens is 374 g/mol. The molecule has 2 aliphatic heterocycles. The largest absolute Gasteiger partial charge is 0.357 e. The Morgan fingerprint density at radius 3 is 2.50 bits per heavy atom. The van der Waals surface area contributed by atoms with Crippen LogP contribution in [0, 0.1) is 6.92 Å². The van der Waals surface area contributed by atoms with Crippen molar-refractivity contribution in [3.8, 4) is 22.8 Å². The summed E-state index contributed by atoms with van der Waals surface area (Å²) in [7, 11) is 0. The average Bonchev–Trinajstić information content (AvgIpc) is 3.30. The average molecular weight is 404 g/mol. The van der Waals surface area contributed by atoms with E-state index in [-0.39, 0.29) is 0 Å². The van der Waals surface area contributed by atoms with Crippen molar-refractivity contribution in [1.29, 1.82) is 0 Å². The molecule has 0 atom stereocenters. The molecule has 0 radical (unpaired) electrons. The Morgan fingerprint density at radius 2 is 1.77 bits per heavy atom. The third-order valence-corrected chi connectivity index (χ3v) is 6.39. The number of benzene rings is 1. The second-order valence-corrected chi connectivity index (χ2v) is 8.51. The fourth-order valence-electron chi connectivity index (χ4n) is 4.69. The van der Waals surface area contributed by atoms with Gasteiger partial charge in [-0.05, 0) is 63.9 Å². The Labute approximate surface area is 177 Å². The van der Waals surface area contributed by atoms with Gasteiger partial charge in [-0.15, -0.1) is 0 Å². The molecule has 0 unspecified atom stereocenters. The van der Waals surface area contributed by atoms with Gasteiger partial charge in [0.15, 0.2) is 0 Å². The molecule has 6 nitrogen and oxygen atoms in total. The summed E-state index contributed by atoms with van der Waals surface area (Å²) in [4.78, 5) is 14.4. The smallest absolute Gasteiger partial charge is 0.259 e. The fraction of sp³-hybridized carbons (Fsp3) is 0.458. The van der Waals surface area contributed by atoms with E-state index in [1.54, 1.807) is 0 Å². The normalized spacial score (nSPS) is 18.6. The molecule has 0 spiro atoms. The number of anilines is 1. The lowest BCUT2D eigenvalue weighted by Gasteiger charge is -2.40. The summed E-state index contributed by atoms with van der Waals surface area (Å²) in [6, 6.07) is 13.0. The van der Waals surface area contributed by atoms with Gasteiger partial charge >= 0.3 is 0 Å². The molecule has 2 saturated heterocycles. The molecule has 156 valence electrons. The van der Waals surface area contributed by atoms with Gasteiger partial charge in [-0.1, -0.05) is 35.3 Å². The maximum atomic E-state index is 5.49. The van der Waals surface area contributed by atoms with Gasteiger partial charge in [0.25, 0.3) is 5.89 Å². The highest BCUT2D eigenvalue weighted by molar-refractivity contribution is 5.60. The maximum Gasteiger partial charge on any atom is 0.259 e. The van der Waals surface area contributed by atoms with E-state index in [2.05, 4.69) is 45.1 Å². The summed E-state index contributed by atoms with van der Waals surface area (Å²) in [5.74, 6) is 2.15. The van der Waals surface area contributed by atoms with Crippen LogP contribution < -0.4 is 4.90 Å². The first-order chi connectivity index (χ1) is 14.8. The second kappa shape index (κ2) is 8.56. The van der Waals surface area contributed by atoms with Crippen molar-refractivity contribution in [2.45, 2.75) is 45.1 Å². The molecule has 2 aromatic heterocycles. The minimum absolute atomic E-state index is 0.509. The topological polar surface area (TPSA) is 58.3 Å². The monoisotopic (exact) mass is 403 g/mol. The standard InChI is InChI=1S/C24H29N5O/c1-18-6-5-7-19(16-18)23-26-24(30-27-23)20-8-9-22(25-17-20)29-14-10-21(11-15-29)28-12-3-2-4-13-28/h5-9,16-17,21H,2-4,10-15H2,1H3. The predicted molar refractivity (Wildman–Crippen MR) is 118 cm³/mol. The van der Waals surface area contributed by atoms with Crippen LogP contribution in [0.25, 0.3) is 22.8 Å². The molecule has 0 saturated carbocycles. The van der Waals surface area contributed by atoms with Gasteiger partial charge in [-0.25, -0.2) is 4.98 Å². The van der Waals surface area contributed by atoms with Crippen LogP contribution in [0.3, 0.4) is 0 Å². The van der Waals surface area contributed by atoms with Crippen molar-refractivity contribution >= 4 is 5.82 Å². The first-order valence-electron chi connectivity index (χ1n) is 11.1. The van der Waals surface area contributed by atoms with Gasteiger partial charge < -0.3 is 14.3 Å². The van der Waals surface area contributed by atoms with Crippen LogP contribution in [0.2, 0.25) is 0 Å². The van der Waals surface area contributed by atoms with Crippen LogP contribution in [0.15, 0.2) is 47.1 Å². The number of pyridine rings is 1. The zero-order valence-electron chi connectivity index (χ0n) is 17.6. The number of rotatable bonds is 4. The number of nitrogens with zero attached hydrogens (tertiary/aromatic N) is 5. The minimum atomic E-state index is 0.509. The van der Waals surface area contributed by atoms with Gasteiger partial charge in [0, 0.05) is 30.9 Å². The van der Waals surface area contributed by atoms with Crippen LogP contribution >= 0.6 is 0 Å². The van der Waals surface area contributed by atoms with E-state index >= 15 is 0 Å². The molecule has 2 aliphatic rings. The summed E-state index contributed by atoms with van der Waals surface area (Å²) in [6.07, 6.45) is 8.44. The van der Waals surface area contributed by atoms with Crippen LogP contribution in [0.1, 0.15) is 37.7 Å². The summed E-state index contributed by atoms with van der Waals surface area (Å²) in [6.45, 7) is 6.78. The molecule has 2 fully saturated rings. The van der Waals surface area contributed by atoms with E-state index in [0.29, 0.717) is 11.7 Å². The van der Waals surface area contributed by atoms with Crippen LogP contribution in [0.4, 0.5) is 5.82 Å². The second-order valence-electron chi connectivity index (χ2n) is 8.51. The van der Waals surface area contributed by atoms with Crippen molar-refractivity contribution in [2.24, 2.45) is 0 Å². The lowest BCUT2D eigenvalue weighted by atomic mass is 10.00. The summed E-state index contributed by atoms with van der Waals surface area (Å²) in [5, 5.41) is 4.14. The highest BCUT2D eigenvalue weighted by atomic mass is 16.5. The Bertz CT molecular complexity index is 969. The molecule has 0 bridgehead atoms. The maximum absolute atomic E-state index is 5.49. The number of piperidine rings is 2. The van der Waals surface area contributed by atoms with Crippen molar-refractivity contribution in [1.82, 2.24) is 20.0 Å². The van der Waals surface area contributed by atoms with Gasteiger partial charge in [0.1, 0.15) is 5.82 Å². The van der Waals surface area contributed by atoms with Gasteiger partial charge in [0.2, 0.25) is 5.82 Å². The molecule has 0 amide bonds. The van der Waals surface area contributed by atoms with Crippen LogP contribution in [0.5, 0.6) is 0 Å². The van der Waals surface area contributed by atoms with Crippen LogP contribution in [-0.4, -0.2) is 52.2 Å². The number of aromatic nitrogens is 3. The van der Waals surface area contributed by atoms with Gasteiger partial charge in [0.05, 0.1) is 5.56 Å². The Morgan fingerprint density at radius 1 is 0.933 bits per heavy atom.